The predicted octanol–water partition coefficient (Wildman–Crippen LogP) is 4.63. The lowest BCUT2D eigenvalue weighted by atomic mass is 9.87. The van der Waals surface area contributed by atoms with Crippen molar-refractivity contribution in [1.29, 1.82) is 0 Å². The summed E-state index contributed by atoms with van der Waals surface area (Å²) in [6.07, 6.45) is 0.802. The molecule has 2 N–H and O–H groups in total. The average molecular weight is 369 g/mol. The molecule has 0 fully saturated rings. The molecule has 0 radical (unpaired) electrons. The van der Waals surface area contributed by atoms with E-state index >= 15 is 0 Å². The van der Waals surface area contributed by atoms with Crippen LogP contribution in [-0.4, -0.2) is 0 Å². The van der Waals surface area contributed by atoms with Crippen molar-refractivity contribution in [2.45, 2.75) is 18.9 Å². The van der Waals surface area contributed by atoms with Gasteiger partial charge >= 0.3 is 0 Å². The van der Waals surface area contributed by atoms with E-state index < -0.39 is 0 Å². The minimum atomic E-state index is -0.370. The van der Waals surface area contributed by atoms with Gasteiger partial charge in [0, 0.05) is 14.5 Å². The molecule has 2 aromatic rings. The molecule has 0 saturated heterocycles. The molecule has 0 aliphatic rings. The first-order valence-corrected chi connectivity index (χ1v) is 7.36. The van der Waals surface area contributed by atoms with Crippen molar-refractivity contribution in [2.24, 2.45) is 5.73 Å². The number of hydrogen-bond donors (Lipinski definition) is 1. The van der Waals surface area contributed by atoms with Gasteiger partial charge in [-0.15, -0.1) is 0 Å². The Labute approximate surface area is 125 Å². The van der Waals surface area contributed by atoms with Crippen molar-refractivity contribution in [3.8, 4) is 0 Å². The Morgan fingerprint density at radius 1 is 1.00 bits per heavy atom. The average Bonchev–Trinajstić information content (AvgIpc) is 2.32. The zero-order valence-corrected chi connectivity index (χ0v) is 13.3. The lowest BCUT2D eigenvalue weighted by molar-refractivity contribution is 0.490. The van der Waals surface area contributed by atoms with Crippen LogP contribution < -0.4 is 5.73 Å². The van der Waals surface area contributed by atoms with Crippen molar-refractivity contribution >= 4 is 31.9 Å². The third-order valence-corrected chi connectivity index (χ3v) is 4.32. The maximum Gasteiger partial charge on any atom is 0.0422 e. The van der Waals surface area contributed by atoms with Crippen molar-refractivity contribution in [3.63, 3.8) is 0 Å². The van der Waals surface area contributed by atoms with E-state index in [9.17, 15) is 0 Å². The number of nitrogens with two attached hydrogens (primary N) is 1. The summed E-state index contributed by atoms with van der Waals surface area (Å²) in [4.78, 5) is 0. The summed E-state index contributed by atoms with van der Waals surface area (Å²) in [5, 5.41) is 0. The number of hydrogen-bond acceptors (Lipinski definition) is 1. The quantitative estimate of drug-likeness (QED) is 0.839. The first-order valence-electron chi connectivity index (χ1n) is 5.77. The summed E-state index contributed by atoms with van der Waals surface area (Å²) in [5.74, 6) is 0. The SMILES string of the molecule is CC(N)(Cc1ccccc1Br)c1ccc(Br)cc1. The van der Waals surface area contributed by atoms with Gasteiger partial charge in [0.25, 0.3) is 0 Å². The maximum atomic E-state index is 6.45. The maximum absolute atomic E-state index is 6.45. The first kappa shape index (κ1) is 13.8. The minimum absolute atomic E-state index is 0.370. The normalized spacial score (nSPS) is 14.2. The van der Waals surface area contributed by atoms with Crippen LogP contribution in [0.2, 0.25) is 0 Å². The number of halogens is 2. The molecule has 2 rings (SSSR count). The highest BCUT2D eigenvalue weighted by molar-refractivity contribution is 9.10. The van der Waals surface area contributed by atoms with Gasteiger partial charge in [-0.3, -0.25) is 0 Å². The Hall–Kier alpha value is -0.640. The molecule has 0 aromatic heterocycles. The molecule has 0 aliphatic carbocycles. The van der Waals surface area contributed by atoms with E-state index in [1.54, 1.807) is 0 Å². The van der Waals surface area contributed by atoms with Gasteiger partial charge in [-0.25, -0.2) is 0 Å². The lowest BCUT2D eigenvalue weighted by Crippen LogP contribution is -2.35. The monoisotopic (exact) mass is 367 g/mol. The molecule has 0 aliphatic heterocycles. The zero-order valence-electron chi connectivity index (χ0n) is 10.2. The molecule has 2 aromatic carbocycles. The number of rotatable bonds is 3. The molecule has 94 valence electrons. The highest BCUT2D eigenvalue weighted by atomic mass is 79.9. The van der Waals surface area contributed by atoms with Gasteiger partial charge in [-0.2, -0.15) is 0 Å². The van der Waals surface area contributed by atoms with Crippen LogP contribution in [0.25, 0.3) is 0 Å². The van der Waals surface area contributed by atoms with Gasteiger partial charge in [0.15, 0.2) is 0 Å². The highest BCUT2D eigenvalue weighted by Gasteiger charge is 2.22. The second-order valence-electron chi connectivity index (χ2n) is 4.69. The van der Waals surface area contributed by atoms with E-state index in [4.69, 9.17) is 5.73 Å². The van der Waals surface area contributed by atoms with Gasteiger partial charge < -0.3 is 5.73 Å². The van der Waals surface area contributed by atoms with E-state index in [0.29, 0.717) is 0 Å². The molecule has 0 amide bonds. The lowest BCUT2D eigenvalue weighted by Gasteiger charge is -2.26. The number of benzene rings is 2. The van der Waals surface area contributed by atoms with E-state index in [1.807, 2.05) is 30.3 Å². The van der Waals surface area contributed by atoms with Crippen LogP contribution in [0.15, 0.2) is 57.5 Å². The van der Waals surface area contributed by atoms with Crippen molar-refractivity contribution in [3.05, 3.63) is 68.6 Å². The molecule has 1 unspecified atom stereocenters. The summed E-state index contributed by atoms with van der Waals surface area (Å²) in [5.41, 5.74) is 8.45. The largest absolute Gasteiger partial charge is 0.321 e. The van der Waals surface area contributed by atoms with Gasteiger partial charge in [-0.1, -0.05) is 62.2 Å². The van der Waals surface area contributed by atoms with Gasteiger partial charge in [0.1, 0.15) is 0 Å². The third kappa shape index (κ3) is 3.22. The standard InChI is InChI=1S/C15H15Br2N/c1-15(18,12-6-8-13(16)9-7-12)10-11-4-2-3-5-14(11)17/h2-9H,10,18H2,1H3. The molecule has 0 spiro atoms. The Morgan fingerprint density at radius 3 is 2.22 bits per heavy atom. The molecule has 0 saturated carbocycles. The molecule has 0 heterocycles. The molecule has 3 heteroatoms. The zero-order chi connectivity index (χ0) is 13.2. The molecular formula is C15H15Br2N. The Bertz CT molecular complexity index is 532. The highest BCUT2D eigenvalue weighted by Crippen LogP contribution is 2.27. The Morgan fingerprint density at radius 2 is 1.61 bits per heavy atom. The fraction of sp³-hybridized carbons (Fsp3) is 0.200. The summed E-state index contributed by atoms with van der Waals surface area (Å²) < 4.78 is 2.18. The van der Waals surface area contributed by atoms with E-state index in [-0.39, 0.29) is 5.54 Å². The first-order chi connectivity index (χ1) is 8.49. The second kappa shape index (κ2) is 5.55. The van der Waals surface area contributed by atoms with E-state index in [2.05, 4.69) is 57.0 Å². The van der Waals surface area contributed by atoms with E-state index in [0.717, 1.165) is 20.9 Å². The summed E-state index contributed by atoms with van der Waals surface area (Å²) in [7, 11) is 0. The van der Waals surface area contributed by atoms with Crippen molar-refractivity contribution < 1.29 is 0 Å². The third-order valence-electron chi connectivity index (χ3n) is 3.02. The Kier molecular flexibility index (Phi) is 4.25. The smallest absolute Gasteiger partial charge is 0.0422 e. The van der Waals surface area contributed by atoms with Gasteiger partial charge in [-0.05, 0) is 42.7 Å². The van der Waals surface area contributed by atoms with E-state index in [1.165, 1.54) is 5.56 Å². The van der Waals surface area contributed by atoms with Crippen LogP contribution >= 0.6 is 31.9 Å². The van der Waals surface area contributed by atoms with Gasteiger partial charge in [0.2, 0.25) is 0 Å². The topological polar surface area (TPSA) is 26.0 Å². The molecule has 18 heavy (non-hydrogen) atoms. The van der Waals surface area contributed by atoms with Crippen LogP contribution in [0, 0.1) is 0 Å². The summed E-state index contributed by atoms with van der Waals surface area (Å²) in [6.45, 7) is 2.07. The van der Waals surface area contributed by atoms with Crippen molar-refractivity contribution in [2.75, 3.05) is 0 Å². The minimum Gasteiger partial charge on any atom is -0.321 e. The summed E-state index contributed by atoms with van der Waals surface area (Å²) in [6, 6.07) is 16.4. The molecule has 0 bridgehead atoms. The molecule has 1 nitrogen and oxygen atoms in total. The van der Waals surface area contributed by atoms with Crippen molar-refractivity contribution in [1.82, 2.24) is 0 Å². The van der Waals surface area contributed by atoms with Gasteiger partial charge in [0.05, 0.1) is 0 Å². The molecular weight excluding hydrogens is 354 g/mol. The van der Waals surface area contributed by atoms with Crippen LogP contribution in [-0.2, 0) is 12.0 Å². The van der Waals surface area contributed by atoms with Crippen LogP contribution in [0.3, 0.4) is 0 Å². The fourth-order valence-electron chi connectivity index (χ4n) is 1.97. The second-order valence-corrected chi connectivity index (χ2v) is 6.46. The fourth-order valence-corrected chi connectivity index (χ4v) is 2.66. The Balaban J connectivity index is 2.27. The summed E-state index contributed by atoms with van der Waals surface area (Å²) >= 11 is 7.01. The van der Waals surface area contributed by atoms with Crippen LogP contribution in [0.1, 0.15) is 18.1 Å². The van der Waals surface area contributed by atoms with Crippen LogP contribution in [0.5, 0.6) is 0 Å². The molecule has 1 atom stereocenters. The van der Waals surface area contributed by atoms with Crippen LogP contribution in [0.4, 0.5) is 0 Å². The predicted molar refractivity (Wildman–Crippen MR) is 83.5 cm³/mol.